The van der Waals surface area contributed by atoms with Crippen molar-refractivity contribution in [2.45, 2.75) is 37.3 Å². The highest BCUT2D eigenvalue weighted by molar-refractivity contribution is 6.06. The van der Waals surface area contributed by atoms with Crippen LogP contribution in [0.2, 0.25) is 0 Å². The zero-order valence-corrected chi connectivity index (χ0v) is 14.7. The van der Waals surface area contributed by atoms with Crippen molar-refractivity contribution in [2.75, 3.05) is 26.4 Å². The molecule has 4 rings (SSSR count). The van der Waals surface area contributed by atoms with Crippen LogP contribution in [0.5, 0.6) is 0 Å². The molecule has 0 unspecified atom stereocenters. The van der Waals surface area contributed by atoms with Gasteiger partial charge in [-0.1, -0.05) is 18.2 Å². The summed E-state index contributed by atoms with van der Waals surface area (Å²) in [5.41, 5.74) is 2.54. The topological polar surface area (TPSA) is 80.7 Å². The number of nitrogens with one attached hydrogen (secondary N) is 1. The van der Waals surface area contributed by atoms with Crippen LogP contribution in [0.4, 0.5) is 0 Å². The number of para-hydroxylation sites is 1. The molecule has 2 aromatic rings. The van der Waals surface area contributed by atoms with E-state index in [2.05, 4.69) is 5.32 Å². The van der Waals surface area contributed by atoms with Crippen LogP contribution in [0, 0.1) is 0 Å². The van der Waals surface area contributed by atoms with Gasteiger partial charge in [-0.25, -0.2) is 0 Å². The first kappa shape index (κ1) is 17.4. The number of fused-ring (bicyclic) bond motifs is 1. The predicted octanol–water partition coefficient (Wildman–Crippen LogP) is 2.01. The van der Waals surface area contributed by atoms with Crippen molar-refractivity contribution in [3.8, 4) is 0 Å². The van der Waals surface area contributed by atoms with E-state index in [1.807, 2.05) is 30.3 Å². The predicted molar refractivity (Wildman–Crippen MR) is 97.2 cm³/mol. The number of rotatable bonds is 6. The standard InChI is InChI=1S/C20H24N2O4/c23-8-10-26-19-12-25-9-7-17(19)22-20(24)15-11-18(13-5-6-13)21-16-4-2-1-3-14(15)16/h1-4,11,13,17,19,23H,5-10,12H2,(H,22,24)/t17-,19-/m1/s1. The molecule has 1 aromatic carbocycles. The monoisotopic (exact) mass is 356 g/mol. The third-order valence-corrected chi connectivity index (χ3v) is 5.02. The Labute approximate surface area is 152 Å². The van der Waals surface area contributed by atoms with Crippen molar-refractivity contribution in [1.29, 1.82) is 0 Å². The molecular weight excluding hydrogens is 332 g/mol. The molecule has 2 heterocycles. The van der Waals surface area contributed by atoms with Gasteiger partial charge in [0.1, 0.15) is 6.10 Å². The van der Waals surface area contributed by atoms with E-state index in [1.165, 1.54) is 0 Å². The number of aromatic nitrogens is 1. The van der Waals surface area contributed by atoms with Crippen LogP contribution in [-0.4, -0.2) is 54.6 Å². The zero-order chi connectivity index (χ0) is 17.9. The van der Waals surface area contributed by atoms with Gasteiger partial charge in [-0.15, -0.1) is 0 Å². The van der Waals surface area contributed by atoms with Gasteiger partial charge in [0.2, 0.25) is 0 Å². The lowest BCUT2D eigenvalue weighted by atomic mass is 10.0. The molecule has 0 bridgehead atoms. The largest absolute Gasteiger partial charge is 0.394 e. The second-order valence-electron chi connectivity index (χ2n) is 6.96. The minimum atomic E-state index is -0.240. The Hall–Kier alpha value is -2.02. The maximum Gasteiger partial charge on any atom is 0.252 e. The third kappa shape index (κ3) is 3.72. The maximum atomic E-state index is 13.1. The first-order valence-corrected chi connectivity index (χ1v) is 9.27. The van der Waals surface area contributed by atoms with Crippen LogP contribution in [0.3, 0.4) is 0 Å². The quantitative estimate of drug-likeness (QED) is 0.828. The van der Waals surface area contributed by atoms with E-state index in [4.69, 9.17) is 19.6 Å². The van der Waals surface area contributed by atoms with Crippen molar-refractivity contribution in [3.05, 3.63) is 41.6 Å². The lowest BCUT2D eigenvalue weighted by molar-refractivity contribution is -0.0737. The Bertz CT molecular complexity index is 790. The van der Waals surface area contributed by atoms with Gasteiger partial charge in [0.05, 0.1) is 36.9 Å². The molecule has 2 fully saturated rings. The van der Waals surface area contributed by atoms with Crippen LogP contribution in [0.25, 0.3) is 10.9 Å². The number of hydrogen-bond donors (Lipinski definition) is 2. The second kappa shape index (κ2) is 7.70. The van der Waals surface area contributed by atoms with Gasteiger partial charge in [0.25, 0.3) is 5.91 Å². The average Bonchev–Trinajstić information content (AvgIpc) is 3.51. The fourth-order valence-electron chi connectivity index (χ4n) is 3.46. The van der Waals surface area contributed by atoms with Gasteiger partial charge < -0.3 is 19.9 Å². The fraction of sp³-hybridized carbons (Fsp3) is 0.500. The van der Waals surface area contributed by atoms with Gasteiger partial charge in [-0.3, -0.25) is 9.78 Å². The molecule has 0 spiro atoms. The summed E-state index contributed by atoms with van der Waals surface area (Å²) < 4.78 is 11.1. The third-order valence-electron chi connectivity index (χ3n) is 5.02. The number of amides is 1. The van der Waals surface area contributed by atoms with Crippen LogP contribution in [0.15, 0.2) is 30.3 Å². The molecule has 6 heteroatoms. The summed E-state index contributed by atoms with van der Waals surface area (Å²) in [4.78, 5) is 17.8. The van der Waals surface area contributed by atoms with E-state index in [0.29, 0.717) is 31.1 Å². The van der Waals surface area contributed by atoms with Gasteiger partial charge in [0, 0.05) is 23.6 Å². The van der Waals surface area contributed by atoms with Crippen LogP contribution in [0.1, 0.15) is 41.2 Å². The highest BCUT2D eigenvalue weighted by Gasteiger charge is 2.30. The van der Waals surface area contributed by atoms with Crippen LogP contribution < -0.4 is 5.32 Å². The molecule has 6 nitrogen and oxygen atoms in total. The van der Waals surface area contributed by atoms with Crippen molar-refractivity contribution in [2.24, 2.45) is 0 Å². The number of carbonyl (C=O) groups is 1. The molecule has 138 valence electrons. The van der Waals surface area contributed by atoms with Gasteiger partial charge in [-0.05, 0) is 31.4 Å². The molecule has 1 aliphatic heterocycles. The first-order valence-electron chi connectivity index (χ1n) is 9.27. The molecule has 1 amide bonds. The number of aliphatic hydroxyl groups excluding tert-OH is 1. The van der Waals surface area contributed by atoms with E-state index < -0.39 is 0 Å². The molecule has 1 saturated heterocycles. The number of pyridine rings is 1. The smallest absolute Gasteiger partial charge is 0.252 e. The Balaban J connectivity index is 1.59. The minimum Gasteiger partial charge on any atom is -0.394 e. The molecule has 1 saturated carbocycles. The lowest BCUT2D eigenvalue weighted by Crippen LogP contribution is -2.50. The van der Waals surface area contributed by atoms with E-state index >= 15 is 0 Å². The van der Waals surface area contributed by atoms with Gasteiger partial charge >= 0.3 is 0 Å². The number of carbonyl (C=O) groups excluding carboxylic acids is 1. The molecule has 2 N–H and O–H groups in total. The van der Waals surface area contributed by atoms with Crippen molar-refractivity contribution in [1.82, 2.24) is 10.3 Å². The number of nitrogens with zero attached hydrogens (tertiary/aromatic N) is 1. The summed E-state index contributed by atoms with van der Waals surface area (Å²) in [7, 11) is 0. The molecular formula is C20H24N2O4. The summed E-state index contributed by atoms with van der Waals surface area (Å²) in [5.74, 6) is 0.380. The molecule has 2 atom stereocenters. The lowest BCUT2D eigenvalue weighted by Gasteiger charge is -2.32. The number of aliphatic hydroxyl groups is 1. The highest BCUT2D eigenvalue weighted by Crippen LogP contribution is 2.40. The van der Waals surface area contributed by atoms with E-state index in [1.54, 1.807) is 0 Å². The number of ether oxygens (including phenoxy) is 2. The van der Waals surface area contributed by atoms with Crippen molar-refractivity contribution >= 4 is 16.8 Å². The Morgan fingerprint density at radius 1 is 1.31 bits per heavy atom. The summed E-state index contributed by atoms with van der Waals surface area (Å²) in [6.45, 7) is 1.21. The molecule has 1 aromatic heterocycles. The SMILES string of the molecule is O=C(N[C@@H]1CCOC[C@H]1OCCO)c1cc(C2CC2)nc2ccccc12. The van der Waals surface area contributed by atoms with Crippen molar-refractivity contribution in [3.63, 3.8) is 0 Å². The molecule has 1 aliphatic carbocycles. The Morgan fingerprint density at radius 3 is 2.96 bits per heavy atom. The Morgan fingerprint density at radius 2 is 2.15 bits per heavy atom. The Kier molecular flexibility index (Phi) is 5.15. The fourth-order valence-corrected chi connectivity index (χ4v) is 3.46. The van der Waals surface area contributed by atoms with E-state index in [9.17, 15) is 4.79 Å². The maximum absolute atomic E-state index is 13.1. The number of hydrogen-bond acceptors (Lipinski definition) is 5. The summed E-state index contributed by atoms with van der Waals surface area (Å²) >= 11 is 0. The van der Waals surface area contributed by atoms with Gasteiger partial charge in [-0.2, -0.15) is 0 Å². The van der Waals surface area contributed by atoms with Crippen molar-refractivity contribution < 1.29 is 19.4 Å². The summed E-state index contributed by atoms with van der Waals surface area (Å²) in [6.07, 6.45) is 2.74. The van der Waals surface area contributed by atoms with E-state index in [-0.39, 0.29) is 31.3 Å². The minimum absolute atomic E-state index is 0.0447. The van der Waals surface area contributed by atoms with Crippen LogP contribution >= 0.6 is 0 Å². The molecule has 0 radical (unpaired) electrons. The molecule has 26 heavy (non-hydrogen) atoms. The van der Waals surface area contributed by atoms with Crippen LogP contribution in [-0.2, 0) is 9.47 Å². The summed E-state index contributed by atoms with van der Waals surface area (Å²) in [6, 6.07) is 9.60. The average molecular weight is 356 g/mol. The molecule has 2 aliphatic rings. The highest BCUT2D eigenvalue weighted by atomic mass is 16.5. The normalized spacial score (nSPS) is 23.1. The van der Waals surface area contributed by atoms with E-state index in [0.717, 1.165) is 29.4 Å². The first-order chi connectivity index (χ1) is 12.8. The zero-order valence-electron chi connectivity index (χ0n) is 14.7. The van der Waals surface area contributed by atoms with Gasteiger partial charge in [0.15, 0.2) is 0 Å². The second-order valence-corrected chi connectivity index (χ2v) is 6.96. The summed E-state index contributed by atoms with van der Waals surface area (Å²) in [5, 5.41) is 13.0. The number of benzene rings is 1.